The molecule has 2 fully saturated rings. The highest BCUT2D eigenvalue weighted by molar-refractivity contribution is 5.41. The predicted octanol–water partition coefficient (Wildman–Crippen LogP) is 2.71. The second-order valence-corrected chi connectivity index (χ2v) is 7.41. The largest absolute Gasteiger partial charge is 0.424 e. The summed E-state index contributed by atoms with van der Waals surface area (Å²) < 4.78 is 5.69. The van der Waals surface area contributed by atoms with E-state index in [0.717, 1.165) is 62.6 Å². The van der Waals surface area contributed by atoms with Gasteiger partial charge in [-0.15, -0.1) is 10.2 Å². The van der Waals surface area contributed by atoms with Crippen molar-refractivity contribution in [1.29, 1.82) is 0 Å². The van der Waals surface area contributed by atoms with Gasteiger partial charge < -0.3 is 9.32 Å². The van der Waals surface area contributed by atoms with Crippen LogP contribution in [0.1, 0.15) is 61.8 Å². The maximum atomic E-state index is 5.69. The number of hydrogen-bond acceptors (Lipinski definition) is 7. The van der Waals surface area contributed by atoms with Gasteiger partial charge in [0.25, 0.3) is 0 Å². The van der Waals surface area contributed by atoms with E-state index in [9.17, 15) is 0 Å². The molecule has 140 valence electrons. The molecule has 0 saturated carbocycles. The minimum Gasteiger partial charge on any atom is -0.424 e. The zero-order valence-electron chi connectivity index (χ0n) is 15.8. The fraction of sp³-hybridized carbons (Fsp3) is 0.684. The molecule has 2 saturated heterocycles. The topological polar surface area (TPSA) is 71.2 Å². The highest BCUT2D eigenvalue weighted by Gasteiger charge is 2.25. The van der Waals surface area contributed by atoms with Crippen molar-refractivity contribution >= 4 is 5.82 Å². The smallest absolute Gasteiger partial charge is 0.230 e. The summed E-state index contributed by atoms with van der Waals surface area (Å²) in [6, 6.07) is 2.22. The lowest BCUT2D eigenvalue weighted by molar-refractivity contribution is 0.181. The molecule has 7 nitrogen and oxygen atoms in total. The van der Waals surface area contributed by atoms with Crippen LogP contribution < -0.4 is 4.90 Å². The van der Waals surface area contributed by atoms with Crippen LogP contribution in [0.2, 0.25) is 0 Å². The van der Waals surface area contributed by atoms with Crippen molar-refractivity contribution in [3.05, 3.63) is 29.4 Å². The number of aromatic nitrogens is 4. The average Bonchev–Trinajstić information content (AvgIpc) is 3.33. The van der Waals surface area contributed by atoms with Crippen LogP contribution in [0.25, 0.3) is 0 Å². The molecule has 2 aliphatic heterocycles. The quantitative estimate of drug-likeness (QED) is 0.815. The summed E-state index contributed by atoms with van der Waals surface area (Å²) in [6.07, 6.45) is 5.66. The summed E-state index contributed by atoms with van der Waals surface area (Å²) in [7, 11) is 0. The molecule has 7 heteroatoms. The Morgan fingerprint density at radius 3 is 2.65 bits per heavy atom. The van der Waals surface area contributed by atoms with Gasteiger partial charge >= 0.3 is 0 Å². The van der Waals surface area contributed by atoms with Gasteiger partial charge in [0.15, 0.2) is 0 Å². The molecular formula is C19H28N6O. The number of rotatable bonds is 5. The second kappa shape index (κ2) is 7.70. The molecular weight excluding hydrogens is 328 g/mol. The molecule has 0 N–H and O–H groups in total. The molecule has 1 atom stereocenters. The SMILES string of the molecule is CCc1nnc(CN2CCC[C@H](c3cc(N4CCCC4)nc(C)n3)C2)o1. The zero-order valence-corrected chi connectivity index (χ0v) is 15.8. The molecule has 0 aromatic carbocycles. The third-order valence-electron chi connectivity index (χ3n) is 5.37. The number of piperidine rings is 1. The van der Waals surface area contributed by atoms with Gasteiger partial charge in [-0.25, -0.2) is 9.97 Å². The first-order valence-corrected chi connectivity index (χ1v) is 9.85. The molecule has 0 radical (unpaired) electrons. The maximum Gasteiger partial charge on any atom is 0.230 e. The summed E-state index contributed by atoms with van der Waals surface area (Å²) >= 11 is 0. The van der Waals surface area contributed by atoms with Crippen LogP contribution in [0.5, 0.6) is 0 Å². The van der Waals surface area contributed by atoms with E-state index >= 15 is 0 Å². The number of hydrogen-bond donors (Lipinski definition) is 0. The van der Waals surface area contributed by atoms with Crippen molar-refractivity contribution in [2.24, 2.45) is 0 Å². The monoisotopic (exact) mass is 356 g/mol. The van der Waals surface area contributed by atoms with Crippen molar-refractivity contribution in [1.82, 2.24) is 25.1 Å². The number of likely N-dealkylation sites (tertiary alicyclic amines) is 1. The Bertz CT molecular complexity index is 739. The summed E-state index contributed by atoms with van der Waals surface area (Å²) in [5, 5.41) is 8.24. The fourth-order valence-corrected chi connectivity index (χ4v) is 4.02. The molecule has 2 aromatic rings. The first-order chi connectivity index (χ1) is 12.7. The van der Waals surface area contributed by atoms with E-state index in [1.54, 1.807) is 0 Å². The zero-order chi connectivity index (χ0) is 17.9. The second-order valence-electron chi connectivity index (χ2n) is 7.41. The van der Waals surface area contributed by atoms with E-state index in [2.05, 4.69) is 31.0 Å². The Morgan fingerprint density at radius 1 is 1.08 bits per heavy atom. The van der Waals surface area contributed by atoms with Crippen molar-refractivity contribution in [2.45, 2.75) is 58.4 Å². The summed E-state index contributed by atoms with van der Waals surface area (Å²) in [4.78, 5) is 14.3. The van der Waals surface area contributed by atoms with Gasteiger partial charge in [0.05, 0.1) is 12.2 Å². The van der Waals surface area contributed by atoms with Crippen LogP contribution >= 0.6 is 0 Å². The lowest BCUT2D eigenvalue weighted by Gasteiger charge is -2.32. The van der Waals surface area contributed by atoms with Gasteiger partial charge in [-0.1, -0.05) is 6.92 Å². The predicted molar refractivity (Wildman–Crippen MR) is 99.1 cm³/mol. The standard InChI is InChI=1S/C19H28N6O/c1-3-18-22-23-19(26-18)13-24-8-6-7-15(12-24)16-11-17(21-14(2)20-16)25-9-4-5-10-25/h11,15H,3-10,12-13H2,1-2H3/t15-/m0/s1. The van der Waals surface area contributed by atoms with Crippen LogP contribution in [0.4, 0.5) is 5.82 Å². The first kappa shape index (κ1) is 17.4. The molecule has 26 heavy (non-hydrogen) atoms. The number of anilines is 1. The Balaban J connectivity index is 1.46. The highest BCUT2D eigenvalue weighted by Crippen LogP contribution is 2.29. The van der Waals surface area contributed by atoms with Crippen LogP contribution in [0.3, 0.4) is 0 Å². The van der Waals surface area contributed by atoms with Crippen molar-refractivity contribution in [3.8, 4) is 0 Å². The van der Waals surface area contributed by atoms with E-state index < -0.39 is 0 Å². The van der Waals surface area contributed by atoms with Gasteiger partial charge in [0.1, 0.15) is 11.6 Å². The van der Waals surface area contributed by atoms with Gasteiger partial charge in [-0.3, -0.25) is 4.90 Å². The number of nitrogens with zero attached hydrogens (tertiary/aromatic N) is 6. The summed E-state index contributed by atoms with van der Waals surface area (Å²) in [5.74, 6) is 3.87. The van der Waals surface area contributed by atoms with E-state index in [1.165, 1.54) is 31.4 Å². The summed E-state index contributed by atoms with van der Waals surface area (Å²) in [5.41, 5.74) is 1.18. The van der Waals surface area contributed by atoms with E-state index in [0.29, 0.717) is 5.92 Å². The lowest BCUT2D eigenvalue weighted by atomic mass is 9.94. The first-order valence-electron chi connectivity index (χ1n) is 9.85. The van der Waals surface area contributed by atoms with Crippen molar-refractivity contribution < 1.29 is 4.42 Å². The molecule has 0 spiro atoms. The van der Waals surface area contributed by atoms with E-state index in [-0.39, 0.29) is 0 Å². The minimum atomic E-state index is 0.445. The van der Waals surface area contributed by atoms with Gasteiger partial charge in [-0.05, 0) is 39.2 Å². The molecule has 2 aromatic heterocycles. The van der Waals surface area contributed by atoms with Crippen LogP contribution in [-0.2, 0) is 13.0 Å². The van der Waals surface area contributed by atoms with E-state index in [1.807, 2.05) is 13.8 Å². The van der Waals surface area contributed by atoms with Gasteiger partial charge in [-0.2, -0.15) is 0 Å². The average molecular weight is 356 g/mol. The molecule has 4 heterocycles. The molecule has 2 aliphatic rings. The van der Waals surface area contributed by atoms with Crippen molar-refractivity contribution in [3.63, 3.8) is 0 Å². The van der Waals surface area contributed by atoms with Crippen LogP contribution in [0.15, 0.2) is 10.5 Å². The van der Waals surface area contributed by atoms with Crippen molar-refractivity contribution in [2.75, 3.05) is 31.1 Å². The molecule has 0 aliphatic carbocycles. The normalized spacial score (nSPS) is 21.5. The Kier molecular flexibility index (Phi) is 5.15. The molecule has 0 unspecified atom stereocenters. The summed E-state index contributed by atoms with van der Waals surface area (Å²) in [6.45, 7) is 9.06. The number of aryl methyl sites for hydroxylation is 2. The maximum absolute atomic E-state index is 5.69. The minimum absolute atomic E-state index is 0.445. The van der Waals surface area contributed by atoms with E-state index in [4.69, 9.17) is 9.40 Å². The van der Waals surface area contributed by atoms with Gasteiger partial charge in [0, 0.05) is 38.0 Å². The molecule has 0 bridgehead atoms. The Labute approximate surface area is 154 Å². The van der Waals surface area contributed by atoms with Crippen LogP contribution in [0, 0.1) is 6.92 Å². The van der Waals surface area contributed by atoms with Gasteiger partial charge in [0.2, 0.25) is 11.8 Å². The molecule has 4 rings (SSSR count). The highest BCUT2D eigenvalue weighted by atomic mass is 16.4. The molecule has 0 amide bonds. The third kappa shape index (κ3) is 3.87. The third-order valence-corrected chi connectivity index (χ3v) is 5.37. The Hall–Kier alpha value is -2.02. The fourth-order valence-electron chi connectivity index (χ4n) is 4.02. The Morgan fingerprint density at radius 2 is 1.88 bits per heavy atom. The van der Waals surface area contributed by atoms with Crippen LogP contribution in [-0.4, -0.2) is 51.2 Å². The lowest BCUT2D eigenvalue weighted by Crippen LogP contribution is -2.34.